The van der Waals surface area contributed by atoms with Gasteiger partial charge < -0.3 is 5.11 Å². The lowest BCUT2D eigenvalue weighted by atomic mass is 10.1. The highest BCUT2D eigenvalue weighted by Crippen LogP contribution is 2.23. The fourth-order valence-electron chi connectivity index (χ4n) is 1.25. The summed E-state index contributed by atoms with van der Waals surface area (Å²) < 4.78 is 25.8. The number of aromatic hydroxyl groups is 1. The van der Waals surface area contributed by atoms with E-state index in [-0.39, 0.29) is 11.1 Å². The maximum atomic E-state index is 13.1. The number of phenols is 1. The van der Waals surface area contributed by atoms with E-state index in [2.05, 4.69) is 0 Å². The second kappa shape index (κ2) is 2.69. The summed E-state index contributed by atoms with van der Waals surface area (Å²) in [7, 11) is 0. The average Bonchev–Trinajstić information content (AvgIpc) is 2.12. The molecule has 2 rings (SSSR count). The van der Waals surface area contributed by atoms with Crippen LogP contribution in [0.5, 0.6) is 5.75 Å². The van der Waals surface area contributed by atoms with Gasteiger partial charge in [0.25, 0.3) is 0 Å². The molecule has 2 aromatic rings. The van der Waals surface area contributed by atoms with Crippen LogP contribution < -0.4 is 0 Å². The molecule has 0 bridgehead atoms. The van der Waals surface area contributed by atoms with E-state index in [0.717, 1.165) is 6.07 Å². The first-order valence-electron chi connectivity index (χ1n) is 3.75. The number of rotatable bonds is 0. The standard InChI is InChI=1S/C10H6F2O/c11-9-4-1-6-5-7(13)2-3-8(6)10(9)12/h1-5,13H. The first-order chi connectivity index (χ1) is 6.18. The third-order valence-corrected chi connectivity index (χ3v) is 1.89. The minimum atomic E-state index is -0.877. The molecule has 0 aromatic heterocycles. The predicted octanol–water partition coefficient (Wildman–Crippen LogP) is 2.82. The van der Waals surface area contributed by atoms with Crippen LogP contribution in [0.2, 0.25) is 0 Å². The van der Waals surface area contributed by atoms with Crippen LogP contribution in [0.4, 0.5) is 8.78 Å². The number of hydrogen-bond acceptors (Lipinski definition) is 1. The Balaban J connectivity index is 2.87. The van der Waals surface area contributed by atoms with Crippen LogP contribution in [-0.2, 0) is 0 Å². The number of halogens is 2. The lowest BCUT2D eigenvalue weighted by Crippen LogP contribution is -1.85. The van der Waals surface area contributed by atoms with Crippen LogP contribution >= 0.6 is 0 Å². The minimum Gasteiger partial charge on any atom is -0.508 e. The molecular weight excluding hydrogens is 174 g/mol. The molecule has 0 spiro atoms. The molecule has 0 aliphatic rings. The highest BCUT2D eigenvalue weighted by Gasteiger charge is 2.06. The van der Waals surface area contributed by atoms with Crippen molar-refractivity contribution < 1.29 is 13.9 Å². The second-order valence-electron chi connectivity index (χ2n) is 2.77. The van der Waals surface area contributed by atoms with Crippen molar-refractivity contribution in [2.75, 3.05) is 0 Å². The van der Waals surface area contributed by atoms with Gasteiger partial charge in [0.1, 0.15) is 5.75 Å². The van der Waals surface area contributed by atoms with Gasteiger partial charge in [-0.3, -0.25) is 0 Å². The largest absolute Gasteiger partial charge is 0.508 e. The highest BCUT2D eigenvalue weighted by atomic mass is 19.2. The number of fused-ring (bicyclic) bond motifs is 1. The van der Waals surface area contributed by atoms with Crippen LogP contribution in [0, 0.1) is 11.6 Å². The maximum Gasteiger partial charge on any atom is 0.166 e. The molecule has 66 valence electrons. The van der Waals surface area contributed by atoms with E-state index in [1.165, 1.54) is 24.3 Å². The van der Waals surface area contributed by atoms with Crippen LogP contribution in [0.25, 0.3) is 10.8 Å². The molecule has 0 atom stereocenters. The predicted molar refractivity (Wildman–Crippen MR) is 45.5 cm³/mol. The Bertz CT molecular complexity index is 466. The molecule has 0 saturated heterocycles. The third kappa shape index (κ3) is 1.22. The fourth-order valence-corrected chi connectivity index (χ4v) is 1.25. The topological polar surface area (TPSA) is 20.2 Å². The van der Waals surface area contributed by atoms with Gasteiger partial charge in [-0.05, 0) is 29.7 Å². The summed E-state index contributed by atoms with van der Waals surface area (Å²) in [5, 5.41) is 9.74. The summed E-state index contributed by atoms with van der Waals surface area (Å²) in [5.41, 5.74) is 0. The Hall–Kier alpha value is -1.64. The molecule has 0 heterocycles. The summed E-state index contributed by atoms with van der Waals surface area (Å²) in [6, 6.07) is 6.52. The first kappa shape index (κ1) is 7.98. The molecule has 1 N–H and O–H groups in total. The van der Waals surface area contributed by atoms with Crippen LogP contribution in [0.3, 0.4) is 0 Å². The van der Waals surface area contributed by atoms with Crippen molar-refractivity contribution in [3.63, 3.8) is 0 Å². The minimum absolute atomic E-state index is 0.0403. The smallest absolute Gasteiger partial charge is 0.166 e. The van der Waals surface area contributed by atoms with E-state index in [0.29, 0.717) is 5.39 Å². The monoisotopic (exact) mass is 180 g/mol. The molecule has 1 nitrogen and oxygen atoms in total. The van der Waals surface area contributed by atoms with E-state index in [1.54, 1.807) is 0 Å². The van der Waals surface area contributed by atoms with Crippen LogP contribution in [0.1, 0.15) is 0 Å². The second-order valence-corrected chi connectivity index (χ2v) is 2.77. The van der Waals surface area contributed by atoms with Gasteiger partial charge in [-0.1, -0.05) is 6.07 Å². The van der Waals surface area contributed by atoms with Gasteiger partial charge in [0.05, 0.1) is 0 Å². The van der Waals surface area contributed by atoms with Crippen molar-refractivity contribution in [2.24, 2.45) is 0 Å². The summed E-state index contributed by atoms with van der Waals surface area (Å²) in [5.74, 6) is -1.71. The van der Waals surface area contributed by atoms with Crippen LogP contribution in [0.15, 0.2) is 30.3 Å². The SMILES string of the molecule is Oc1ccc2c(F)c(F)ccc2c1. The number of hydrogen-bond donors (Lipinski definition) is 1. The molecule has 0 aliphatic carbocycles. The molecule has 0 radical (unpaired) electrons. The van der Waals surface area contributed by atoms with Crippen molar-refractivity contribution in [2.45, 2.75) is 0 Å². The van der Waals surface area contributed by atoms with Crippen molar-refractivity contribution in [3.8, 4) is 5.75 Å². The van der Waals surface area contributed by atoms with E-state index in [9.17, 15) is 8.78 Å². The molecule has 0 fully saturated rings. The Morgan fingerprint density at radius 2 is 1.77 bits per heavy atom. The van der Waals surface area contributed by atoms with Gasteiger partial charge in [0.15, 0.2) is 11.6 Å². The molecule has 0 unspecified atom stereocenters. The Kier molecular flexibility index (Phi) is 1.65. The lowest BCUT2D eigenvalue weighted by molar-refractivity contribution is 0.476. The van der Waals surface area contributed by atoms with Crippen LogP contribution in [-0.4, -0.2) is 5.11 Å². The average molecular weight is 180 g/mol. The van der Waals surface area contributed by atoms with Crippen molar-refractivity contribution in [1.29, 1.82) is 0 Å². The van der Waals surface area contributed by atoms with Gasteiger partial charge in [0, 0.05) is 5.39 Å². The molecule has 0 saturated carbocycles. The molecule has 0 amide bonds. The zero-order valence-corrected chi connectivity index (χ0v) is 6.59. The van der Waals surface area contributed by atoms with Gasteiger partial charge in [-0.2, -0.15) is 0 Å². The third-order valence-electron chi connectivity index (χ3n) is 1.89. The van der Waals surface area contributed by atoms with Gasteiger partial charge in [0.2, 0.25) is 0 Å². The first-order valence-corrected chi connectivity index (χ1v) is 3.75. The Morgan fingerprint density at radius 3 is 2.54 bits per heavy atom. The maximum absolute atomic E-state index is 13.1. The number of phenolic OH excluding ortho intramolecular Hbond substituents is 1. The zero-order chi connectivity index (χ0) is 9.42. The summed E-state index contributed by atoms with van der Waals surface area (Å²) in [6.07, 6.45) is 0. The van der Waals surface area contributed by atoms with E-state index < -0.39 is 11.6 Å². The van der Waals surface area contributed by atoms with Crippen molar-refractivity contribution in [3.05, 3.63) is 42.0 Å². The molecule has 2 aromatic carbocycles. The molecular formula is C10H6F2O. The Labute approximate surface area is 73.2 Å². The summed E-state index contributed by atoms with van der Waals surface area (Å²) >= 11 is 0. The Morgan fingerprint density at radius 1 is 1.00 bits per heavy atom. The zero-order valence-electron chi connectivity index (χ0n) is 6.59. The summed E-state index contributed by atoms with van der Waals surface area (Å²) in [4.78, 5) is 0. The van der Waals surface area contributed by atoms with E-state index >= 15 is 0 Å². The highest BCUT2D eigenvalue weighted by molar-refractivity contribution is 5.84. The van der Waals surface area contributed by atoms with E-state index in [1.807, 2.05) is 0 Å². The molecule has 13 heavy (non-hydrogen) atoms. The van der Waals surface area contributed by atoms with Gasteiger partial charge >= 0.3 is 0 Å². The number of benzene rings is 2. The quantitative estimate of drug-likeness (QED) is 0.660. The summed E-state index contributed by atoms with van der Waals surface area (Å²) in [6.45, 7) is 0. The van der Waals surface area contributed by atoms with Crippen molar-refractivity contribution >= 4 is 10.8 Å². The van der Waals surface area contributed by atoms with Gasteiger partial charge in [-0.25, -0.2) is 8.78 Å². The lowest BCUT2D eigenvalue weighted by Gasteiger charge is -2.00. The van der Waals surface area contributed by atoms with Gasteiger partial charge in [-0.15, -0.1) is 0 Å². The van der Waals surface area contributed by atoms with E-state index in [4.69, 9.17) is 5.11 Å². The van der Waals surface area contributed by atoms with Crippen molar-refractivity contribution in [1.82, 2.24) is 0 Å². The molecule has 0 aliphatic heterocycles. The fraction of sp³-hybridized carbons (Fsp3) is 0. The molecule has 3 heteroatoms. The normalized spacial score (nSPS) is 10.6.